The Balaban J connectivity index is 2.57. The highest BCUT2D eigenvalue weighted by Crippen LogP contribution is 2.20. The topological polar surface area (TPSA) is 26.3 Å². The molecule has 2 nitrogen and oxygen atoms in total. The third-order valence-electron chi connectivity index (χ3n) is 3.35. The molecule has 0 heterocycles. The molecule has 1 rings (SSSR count). The summed E-state index contributed by atoms with van der Waals surface area (Å²) in [4.78, 5) is 11.1. The number of hydrogen-bond acceptors (Lipinski definition) is 2. The minimum absolute atomic E-state index is 0.116. The summed E-state index contributed by atoms with van der Waals surface area (Å²) in [5, 5.41) is 0. The van der Waals surface area contributed by atoms with Gasteiger partial charge in [0.1, 0.15) is 11.6 Å². The lowest BCUT2D eigenvalue weighted by Gasteiger charge is -2.15. The highest BCUT2D eigenvalue weighted by atomic mass is 19.1. The number of halogens is 1. The van der Waals surface area contributed by atoms with Crippen LogP contribution < -0.4 is 4.74 Å². The maximum atomic E-state index is 13.6. The number of benzene rings is 1. The zero-order valence-corrected chi connectivity index (χ0v) is 12.0. The van der Waals surface area contributed by atoms with E-state index in [1.54, 1.807) is 6.07 Å². The predicted molar refractivity (Wildman–Crippen MR) is 75.2 cm³/mol. The van der Waals surface area contributed by atoms with Crippen LogP contribution >= 0.6 is 0 Å². The van der Waals surface area contributed by atoms with Gasteiger partial charge in [-0.25, -0.2) is 4.39 Å². The number of carbonyl (C=O) groups excluding carboxylic acids is 1. The van der Waals surface area contributed by atoms with E-state index in [-0.39, 0.29) is 11.3 Å². The smallest absolute Gasteiger partial charge is 0.162 e. The van der Waals surface area contributed by atoms with Gasteiger partial charge in [0.25, 0.3) is 0 Å². The average molecular weight is 266 g/mol. The molecule has 19 heavy (non-hydrogen) atoms. The van der Waals surface area contributed by atoms with Crippen molar-refractivity contribution in [2.45, 2.75) is 46.5 Å². The first-order valence-electron chi connectivity index (χ1n) is 7.01. The van der Waals surface area contributed by atoms with Gasteiger partial charge in [-0.3, -0.25) is 4.79 Å². The van der Waals surface area contributed by atoms with E-state index >= 15 is 0 Å². The molecule has 106 valence electrons. The summed E-state index contributed by atoms with van der Waals surface area (Å²) in [6.45, 7) is 6.28. The molecule has 0 amide bonds. The molecular weight excluding hydrogens is 243 g/mol. The van der Waals surface area contributed by atoms with Gasteiger partial charge in [0.05, 0.1) is 12.2 Å². The van der Waals surface area contributed by atoms with E-state index in [2.05, 4.69) is 13.8 Å². The number of rotatable bonds is 8. The van der Waals surface area contributed by atoms with Gasteiger partial charge in [-0.05, 0) is 31.4 Å². The van der Waals surface area contributed by atoms with Crippen LogP contribution in [0.2, 0.25) is 0 Å². The van der Waals surface area contributed by atoms with Crippen LogP contribution in [-0.4, -0.2) is 12.4 Å². The monoisotopic (exact) mass is 266 g/mol. The summed E-state index contributed by atoms with van der Waals surface area (Å²) in [5.74, 6) is 0.234. The Bertz CT molecular complexity index is 415. The van der Waals surface area contributed by atoms with E-state index in [0.29, 0.717) is 18.3 Å². The maximum Gasteiger partial charge on any atom is 0.162 e. The van der Waals surface area contributed by atoms with Crippen molar-refractivity contribution in [2.75, 3.05) is 6.61 Å². The van der Waals surface area contributed by atoms with Crippen molar-refractivity contribution < 1.29 is 13.9 Å². The van der Waals surface area contributed by atoms with Crippen LogP contribution in [0.1, 0.15) is 56.8 Å². The van der Waals surface area contributed by atoms with Crippen molar-refractivity contribution in [3.8, 4) is 5.75 Å². The van der Waals surface area contributed by atoms with Gasteiger partial charge < -0.3 is 4.74 Å². The van der Waals surface area contributed by atoms with Gasteiger partial charge >= 0.3 is 0 Å². The zero-order chi connectivity index (χ0) is 14.3. The number of ketones is 1. The fourth-order valence-electron chi connectivity index (χ4n) is 1.98. The molecule has 0 spiro atoms. The lowest BCUT2D eigenvalue weighted by atomic mass is 10.0. The average Bonchev–Trinajstić information content (AvgIpc) is 2.38. The van der Waals surface area contributed by atoms with Crippen molar-refractivity contribution in [1.82, 2.24) is 0 Å². The Kier molecular flexibility index (Phi) is 6.54. The molecule has 0 aliphatic carbocycles. The molecule has 0 radical (unpaired) electrons. The van der Waals surface area contributed by atoms with E-state index in [1.165, 1.54) is 31.9 Å². The minimum Gasteiger partial charge on any atom is -0.493 e. The van der Waals surface area contributed by atoms with Crippen LogP contribution in [0.25, 0.3) is 0 Å². The van der Waals surface area contributed by atoms with Gasteiger partial charge in [0.2, 0.25) is 0 Å². The molecule has 0 aliphatic rings. The Morgan fingerprint density at radius 3 is 2.63 bits per heavy atom. The number of ether oxygens (including phenoxy) is 1. The lowest BCUT2D eigenvalue weighted by Crippen LogP contribution is -2.11. The van der Waals surface area contributed by atoms with Crippen LogP contribution in [0.3, 0.4) is 0 Å². The Labute approximate surface area is 115 Å². The molecule has 0 saturated heterocycles. The molecule has 1 aromatic carbocycles. The maximum absolute atomic E-state index is 13.6. The summed E-state index contributed by atoms with van der Waals surface area (Å²) in [7, 11) is 0. The number of carbonyl (C=O) groups is 1. The summed E-state index contributed by atoms with van der Waals surface area (Å²) in [6, 6.07) is 4.44. The fourth-order valence-corrected chi connectivity index (χ4v) is 1.98. The summed E-state index contributed by atoms with van der Waals surface area (Å²) in [6.07, 6.45) is 4.58. The van der Waals surface area contributed by atoms with Gasteiger partial charge in [-0.2, -0.15) is 0 Å². The van der Waals surface area contributed by atoms with E-state index in [0.717, 1.165) is 12.8 Å². The lowest BCUT2D eigenvalue weighted by molar-refractivity contribution is 0.101. The summed E-state index contributed by atoms with van der Waals surface area (Å²) >= 11 is 0. The van der Waals surface area contributed by atoms with Crippen LogP contribution in [0, 0.1) is 11.7 Å². The number of Topliss-reactive ketones (excluding diaryl/α,β-unsaturated/α-hetero) is 1. The van der Waals surface area contributed by atoms with E-state index in [4.69, 9.17) is 4.74 Å². The van der Waals surface area contributed by atoms with E-state index in [9.17, 15) is 9.18 Å². The van der Waals surface area contributed by atoms with Crippen LogP contribution in [0.15, 0.2) is 18.2 Å². The van der Waals surface area contributed by atoms with E-state index < -0.39 is 5.82 Å². The molecule has 1 atom stereocenters. The van der Waals surface area contributed by atoms with Crippen molar-refractivity contribution in [3.05, 3.63) is 29.6 Å². The molecule has 0 aromatic heterocycles. The van der Waals surface area contributed by atoms with Gasteiger partial charge in [0, 0.05) is 6.07 Å². The van der Waals surface area contributed by atoms with Crippen molar-refractivity contribution >= 4 is 5.78 Å². The molecule has 0 bridgehead atoms. The van der Waals surface area contributed by atoms with Crippen LogP contribution in [0.5, 0.6) is 5.75 Å². The first-order chi connectivity index (χ1) is 9.08. The van der Waals surface area contributed by atoms with E-state index in [1.807, 2.05) is 0 Å². The zero-order valence-electron chi connectivity index (χ0n) is 12.0. The summed E-state index contributed by atoms with van der Waals surface area (Å²) < 4.78 is 19.2. The predicted octanol–water partition coefficient (Wildman–Crippen LogP) is 4.62. The second-order valence-corrected chi connectivity index (χ2v) is 4.93. The molecule has 0 aliphatic heterocycles. The quantitative estimate of drug-likeness (QED) is 0.641. The molecule has 3 heteroatoms. The second-order valence-electron chi connectivity index (χ2n) is 4.93. The molecule has 1 aromatic rings. The van der Waals surface area contributed by atoms with Crippen molar-refractivity contribution in [3.63, 3.8) is 0 Å². The van der Waals surface area contributed by atoms with Crippen LogP contribution in [-0.2, 0) is 0 Å². The molecule has 0 N–H and O–H groups in total. The summed E-state index contributed by atoms with van der Waals surface area (Å²) in [5.41, 5.74) is 0.116. The standard InChI is InChI=1S/C16H23FO2/c1-4-6-7-13(5-2)11-19-14-8-9-15(12(3)18)16(17)10-14/h8-10,13H,4-7,11H2,1-3H3. The SMILES string of the molecule is CCCCC(CC)COc1ccc(C(C)=O)c(F)c1. The highest BCUT2D eigenvalue weighted by Gasteiger charge is 2.10. The highest BCUT2D eigenvalue weighted by molar-refractivity contribution is 5.94. The van der Waals surface area contributed by atoms with Gasteiger partial charge in [-0.1, -0.05) is 33.1 Å². The fraction of sp³-hybridized carbons (Fsp3) is 0.562. The molecule has 0 fully saturated rings. The number of hydrogen-bond donors (Lipinski definition) is 0. The third kappa shape index (κ3) is 5.01. The molecule has 0 saturated carbocycles. The minimum atomic E-state index is -0.508. The first kappa shape index (κ1) is 15.7. The van der Waals surface area contributed by atoms with Gasteiger partial charge in [0.15, 0.2) is 5.78 Å². The Hall–Kier alpha value is -1.38. The first-order valence-corrected chi connectivity index (χ1v) is 7.01. The molecule has 1 unspecified atom stereocenters. The van der Waals surface area contributed by atoms with Crippen LogP contribution in [0.4, 0.5) is 4.39 Å². The van der Waals surface area contributed by atoms with Crippen molar-refractivity contribution in [1.29, 1.82) is 0 Å². The number of unbranched alkanes of at least 4 members (excludes halogenated alkanes) is 1. The third-order valence-corrected chi connectivity index (χ3v) is 3.35. The Morgan fingerprint density at radius 2 is 2.11 bits per heavy atom. The largest absolute Gasteiger partial charge is 0.493 e. The second kappa shape index (κ2) is 7.93. The Morgan fingerprint density at radius 1 is 1.37 bits per heavy atom. The van der Waals surface area contributed by atoms with Gasteiger partial charge in [-0.15, -0.1) is 0 Å². The van der Waals surface area contributed by atoms with Crippen molar-refractivity contribution in [2.24, 2.45) is 5.92 Å². The molecular formula is C16H23FO2. The normalized spacial score (nSPS) is 12.2.